The lowest BCUT2D eigenvalue weighted by Crippen LogP contribution is -2.29. The van der Waals surface area contributed by atoms with Crippen molar-refractivity contribution in [2.75, 3.05) is 26.4 Å². The van der Waals surface area contributed by atoms with Crippen molar-refractivity contribution in [3.05, 3.63) is 72.9 Å². The van der Waals surface area contributed by atoms with Gasteiger partial charge in [0.2, 0.25) is 0 Å². The van der Waals surface area contributed by atoms with Crippen LogP contribution in [0.15, 0.2) is 72.9 Å². The van der Waals surface area contributed by atoms with E-state index in [1.165, 1.54) is 38.5 Å². The Morgan fingerprint density at radius 1 is 0.667 bits per heavy atom. The van der Waals surface area contributed by atoms with E-state index in [-0.39, 0.29) is 32.6 Å². The van der Waals surface area contributed by atoms with Gasteiger partial charge in [-0.25, -0.2) is 4.57 Å². The predicted molar refractivity (Wildman–Crippen MR) is 221 cm³/mol. The third kappa shape index (κ3) is 37.7. The van der Waals surface area contributed by atoms with E-state index in [0.29, 0.717) is 19.3 Å². The molecule has 0 bridgehead atoms. The molecule has 0 aliphatic rings. The van der Waals surface area contributed by atoms with Gasteiger partial charge in [0.05, 0.1) is 19.3 Å². The molecule has 0 aliphatic heterocycles. The molecule has 10 nitrogen and oxygen atoms in total. The zero-order valence-electron chi connectivity index (χ0n) is 33.5. The van der Waals surface area contributed by atoms with E-state index in [2.05, 4.69) is 62.5 Å². The van der Waals surface area contributed by atoms with E-state index in [1.807, 2.05) is 12.2 Å². The van der Waals surface area contributed by atoms with Gasteiger partial charge in [-0.1, -0.05) is 138 Å². The van der Waals surface area contributed by atoms with Crippen LogP contribution >= 0.6 is 7.82 Å². The number of carbonyl (C=O) groups excluding carboxylic acids is 2. The van der Waals surface area contributed by atoms with Crippen LogP contribution in [0.2, 0.25) is 0 Å². The fraction of sp³-hybridized carbons (Fsp3) is 0.674. The zero-order chi connectivity index (χ0) is 39.8. The lowest BCUT2D eigenvalue weighted by molar-refractivity contribution is -0.161. The van der Waals surface area contributed by atoms with Crippen LogP contribution < -0.4 is 5.73 Å². The largest absolute Gasteiger partial charge is 0.472 e. The molecule has 0 amide bonds. The molecule has 3 atom stereocenters. The first-order valence-corrected chi connectivity index (χ1v) is 22.0. The van der Waals surface area contributed by atoms with Gasteiger partial charge in [-0.3, -0.25) is 18.6 Å². The molecular weight excluding hydrogens is 705 g/mol. The Balaban J connectivity index is 4.41. The van der Waals surface area contributed by atoms with Crippen molar-refractivity contribution in [2.45, 2.75) is 161 Å². The first-order chi connectivity index (χ1) is 26.2. The van der Waals surface area contributed by atoms with E-state index in [1.54, 1.807) is 12.2 Å². The van der Waals surface area contributed by atoms with E-state index in [4.69, 9.17) is 24.3 Å². The van der Waals surface area contributed by atoms with E-state index in [9.17, 15) is 24.2 Å². The second kappa shape index (κ2) is 38.7. The van der Waals surface area contributed by atoms with Crippen molar-refractivity contribution in [1.82, 2.24) is 0 Å². The number of allylic oxidation sites excluding steroid dienone is 11. The van der Waals surface area contributed by atoms with Gasteiger partial charge in [0.1, 0.15) is 6.61 Å². The molecule has 0 aliphatic carbocycles. The van der Waals surface area contributed by atoms with Crippen LogP contribution in [0.25, 0.3) is 0 Å². The second-order valence-corrected chi connectivity index (χ2v) is 14.8. The normalized spacial score (nSPS) is 14.7. The first-order valence-electron chi connectivity index (χ1n) is 20.5. The van der Waals surface area contributed by atoms with Crippen LogP contribution in [0.4, 0.5) is 0 Å². The monoisotopic (exact) mass is 780 g/mol. The van der Waals surface area contributed by atoms with E-state index < -0.39 is 38.6 Å². The van der Waals surface area contributed by atoms with Gasteiger partial charge in [0.15, 0.2) is 6.10 Å². The molecule has 0 saturated heterocycles. The molecule has 0 aromatic carbocycles. The number of phosphoric acid groups is 1. The summed E-state index contributed by atoms with van der Waals surface area (Å²) in [5.74, 6) is -1.05. The molecular formula is C43H74NO9P. The van der Waals surface area contributed by atoms with Crippen LogP contribution in [0.3, 0.4) is 0 Å². The summed E-state index contributed by atoms with van der Waals surface area (Å²) in [6.45, 7) is 3.35. The van der Waals surface area contributed by atoms with E-state index >= 15 is 0 Å². The number of hydrogen-bond donors (Lipinski definition) is 3. The quantitative estimate of drug-likeness (QED) is 0.0182. The minimum absolute atomic E-state index is 0.0217. The number of aliphatic hydroxyl groups excluding tert-OH is 1. The summed E-state index contributed by atoms with van der Waals surface area (Å²) in [5, 5.41) is 10.2. The number of rotatable bonds is 37. The topological polar surface area (TPSA) is 155 Å². The highest BCUT2D eigenvalue weighted by atomic mass is 31.2. The molecule has 54 heavy (non-hydrogen) atoms. The Labute approximate surface area is 327 Å². The Kier molecular flexibility index (Phi) is 36.8. The first kappa shape index (κ1) is 51.4. The summed E-state index contributed by atoms with van der Waals surface area (Å²) in [4.78, 5) is 34.8. The van der Waals surface area contributed by atoms with Crippen LogP contribution in [0, 0.1) is 0 Å². The number of nitrogens with two attached hydrogens (primary N) is 1. The third-order valence-corrected chi connectivity index (χ3v) is 9.16. The average Bonchev–Trinajstić information content (AvgIpc) is 3.15. The lowest BCUT2D eigenvalue weighted by Gasteiger charge is -2.20. The molecule has 0 heterocycles. The highest BCUT2D eigenvalue weighted by Crippen LogP contribution is 2.43. The van der Waals surface area contributed by atoms with Gasteiger partial charge in [0, 0.05) is 19.4 Å². The number of unbranched alkanes of at least 4 members (excludes halogenated alkanes) is 11. The maximum absolute atomic E-state index is 12.6. The minimum atomic E-state index is -4.43. The number of carbonyl (C=O) groups is 2. The molecule has 0 fully saturated rings. The molecule has 0 rings (SSSR count). The van der Waals surface area contributed by atoms with Crippen molar-refractivity contribution in [2.24, 2.45) is 5.73 Å². The maximum atomic E-state index is 12.6. The van der Waals surface area contributed by atoms with Crippen LogP contribution in [-0.2, 0) is 32.7 Å². The molecule has 2 unspecified atom stereocenters. The highest BCUT2D eigenvalue weighted by molar-refractivity contribution is 7.47. The van der Waals surface area contributed by atoms with E-state index in [0.717, 1.165) is 64.2 Å². The van der Waals surface area contributed by atoms with Crippen molar-refractivity contribution >= 4 is 19.8 Å². The molecule has 310 valence electrons. The van der Waals surface area contributed by atoms with Crippen LogP contribution in [0.5, 0.6) is 0 Å². The number of esters is 2. The SMILES string of the molecule is CC/C=C\C/C=C\C/C=C\CCCCCCCC(=O)O[C@H](COC(=O)CCCC(O)/C=C/C=C/C/C=C/CCCCCCCC)COP(=O)(O)OCCN. The molecule has 0 radical (unpaired) electrons. The second-order valence-electron chi connectivity index (χ2n) is 13.3. The van der Waals surface area contributed by atoms with Gasteiger partial charge in [-0.2, -0.15) is 0 Å². The van der Waals surface area contributed by atoms with Crippen molar-refractivity contribution in [3.63, 3.8) is 0 Å². The Hall–Kier alpha value is -2.59. The summed E-state index contributed by atoms with van der Waals surface area (Å²) >= 11 is 0. The summed E-state index contributed by atoms with van der Waals surface area (Å²) in [5.41, 5.74) is 5.33. The fourth-order valence-electron chi connectivity index (χ4n) is 5.13. The molecule has 0 aromatic heterocycles. The number of hydrogen-bond acceptors (Lipinski definition) is 9. The van der Waals surface area contributed by atoms with Crippen LogP contribution in [-0.4, -0.2) is 60.5 Å². The predicted octanol–water partition coefficient (Wildman–Crippen LogP) is 10.5. The summed E-state index contributed by atoms with van der Waals surface area (Å²) in [7, 11) is -4.43. The standard InChI is InChI=1S/C43H74NO9P/c1-3-5-7-9-11-13-15-17-18-20-22-24-26-28-30-34-43(47)53-41(39-52-54(48,49)51-37-36-44)38-50-42(46)35-31-33-40(45)32-29-27-25-23-21-19-16-14-12-10-8-6-4-2/h5,7,11,13,17-19,21,25,27,29,32,40-41,45H,3-4,6,8-10,12,14-16,20,22-24,26,28,30-31,33-39,44H2,1-2H3,(H,48,49)/b7-5-,13-11-,18-17-,21-19+,27-25+,32-29+/t40?,41-/m1/s1. The Bertz CT molecular complexity index is 1130. The summed E-state index contributed by atoms with van der Waals surface area (Å²) in [6, 6.07) is 0. The van der Waals surface area contributed by atoms with Crippen molar-refractivity contribution < 1.29 is 42.7 Å². The number of phosphoric ester groups is 1. The molecule has 4 N–H and O–H groups in total. The molecule has 0 spiro atoms. The van der Waals surface area contributed by atoms with Gasteiger partial charge in [-0.15, -0.1) is 0 Å². The summed E-state index contributed by atoms with van der Waals surface area (Å²) < 4.78 is 32.6. The fourth-order valence-corrected chi connectivity index (χ4v) is 5.89. The lowest BCUT2D eigenvalue weighted by atomic mass is 10.1. The molecule has 11 heteroatoms. The van der Waals surface area contributed by atoms with Crippen molar-refractivity contribution in [1.29, 1.82) is 0 Å². The van der Waals surface area contributed by atoms with Crippen molar-refractivity contribution in [3.8, 4) is 0 Å². The number of aliphatic hydroxyl groups is 1. The smallest absolute Gasteiger partial charge is 0.462 e. The highest BCUT2D eigenvalue weighted by Gasteiger charge is 2.26. The molecule has 0 aromatic rings. The maximum Gasteiger partial charge on any atom is 0.472 e. The van der Waals surface area contributed by atoms with Gasteiger partial charge in [-0.05, 0) is 70.6 Å². The average molecular weight is 780 g/mol. The van der Waals surface area contributed by atoms with Gasteiger partial charge < -0.3 is 25.2 Å². The Morgan fingerprint density at radius 3 is 1.89 bits per heavy atom. The molecule has 0 saturated carbocycles. The van der Waals surface area contributed by atoms with Crippen LogP contribution in [0.1, 0.15) is 149 Å². The Morgan fingerprint density at radius 2 is 1.24 bits per heavy atom. The third-order valence-electron chi connectivity index (χ3n) is 8.18. The zero-order valence-corrected chi connectivity index (χ0v) is 34.4. The van der Waals surface area contributed by atoms with Gasteiger partial charge in [0.25, 0.3) is 0 Å². The number of ether oxygens (including phenoxy) is 2. The summed E-state index contributed by atoms with van der Waals surface area (Å²) in [6.07, 6.45) is 42.5. The minimum Gasteiger partial charge on any atom is -0.462 e. The van der Waals surface area contributed by atoms with Gasteiger partial charge >= 0.3 is 19.8 Å².